The molecule has 2 fully saturated rings. The average Bonchev–Trinajstić information content (AvgIpc) is 3.06. The van der Waals surface area contributed by atoms with E-state index < -0.39 is 34.2 Å². The highest BCUT2D eigenvalue weighted by Gasteiger charge is 2.68. The van der Waals surface area contributed by atoms with Gasteiger partial charge in [-0.25, -0.2) is 17.9 Å². The van der Waals surface area contributed by atoms with E-state index in [4.69, 9.17) is 4.74 Å². The van der Waals surface area contributed by atoms with Crippen LogP contribution in [0.25, 0.3) is 10.8 Å². The van der Waals surface area contributed by atoms with Gasteiger partial charge in [0.25, 0.3) is 0 Å². The van der Waals surface area contributed by atoms with Gasteiger partial charge >= 0.3 is 5.97 Å². The van der Waals surface area contributed by atoms with Crippen LogP contribution in [0.15, 0.2) is 47.4 Å². The molecule has 2 aromatic carbocycles. The number of benzene rings is 2. The monoisotopic (exact) mass is 459 g/mol. The second-order valence-electron chi connectivity index (χ2n) is 10.1. The van der Waals surface area contributed by atoms with Gasteiger partial charge in [0.05, 0.1) is 10.9 Å². The molecule has 0 heterocycles. The summed E-state index contributed by atoms with van der Waals surface area (Å²) in [5.41, 5.74) is -0.606. The summed E-state index contributed by atoms with van der Waals surface area (Å²) in [7, 11) is -3.87. The van der Waals surface area contributed by atoms with E-state index in [1.165, 1.54) is 0 Å². The van der Waals surface area contributed by atoms with Gasteiger partial charge in [-0.3, -0.25) is 0 Å². The molecule has 5 atom stereocenters. The lowest BCUT2D eigenvalue weighted by Crippen LogP contribution is -2.52. The van der Waals surface area contributed by atoms with Gasteiger partial charge < -0.3 is 9.84 Å². The van der Waals surface area contributed by atoms with Crippen LogP contribution in [-0.4, -0.2) is 37.7 Å². The first-order valence-electron chi connectivity index (χ1n) is 11.4. The first-order valence-corrected chi connectivity index (χ1v) is 12.9. The van der Waals surface area contributed by atoms with Crippen molar-refractivity contribution in [2.24, 2.45) is 16.7 Å². The third-order valence-electron chi connectivity index (χ3n) is 8.17. The number of aliphatic hydroxyl groups excluding tert-OH is 1. The normalized spacial score (nSPS) is 29.8. The van der Waals surface area contributed by atoms with Gasteiger partial charge in [0.15, 0.2) is 6.10 Å². The first-order chi connectivity index (χ1) is 15.0. The first kappa shape index (κ1) is 23.2. The van der Waals surface area contributed by atoms with Crippen molar-refractivity contribution < 1.29 is 23.1 Å². The Kier molecular flexibility index (Phi) is 5.89. The van der Waals surface area contributed by atoms with Gasteiger partial charge in [-0.2, -0.15) is 0 Å². The van der Waals surface area contributed by atoms with Crippen molar-refractivity contribution in [3.05, 3.63) is 42.5 Å². The zero-order valence-corrected chi connectivity index (χ0v) is 20.0. The van der Waals surface area contributed by atoms with E-state index in [0.29, 0.717) is 18.2 Å². The lowest BCUT2D eigenvalue weighted by molar-refractivity contribution is -0.168. The fourth-order valence-corrected chi connectivity index (χ4v) is 7.43. The number of ether oxygens (including phenoxy) is 1. The molecule has 0 aliphatic heterocycles. The van der Waals surface area contributed by atoms with Crippen LogP contribution >= 0.6 is 0 Å². The van der Waals surface area contributed by atoms with Crippen LogP contribution in [0.1, 0.15) is 53.4 Å². The Labute approximate surface area is 190 Å². The average molecular weight is 460 g/mol. The minimum atomic E-state index is -3.87. The predicted molar refractivity (Wildman–Crippen MR) is 123 cm³/mol. The number of rotatable bonds is 7. The lowest BCUT2D eigenvalue weighted by Gasteiger charge is -2.39. The van der Waals surface area contributed by atoms with Crippen LogP contribution in [0.2, 0.25) is 0 Å². The summed E-state index contributed by atoms with van der Waals surface area (Å²) in [5.74, 6) is -0.644. The van der Waals surface area contributed by atoms with Gasteiger partial charge in [-0.1, -0.05) is 70.5 Å². The highest BCUT2D eigenvalue weighted by atomic mass is 32.2. The summed E-state index contributed by atoms with van der Waals surface area (Å²) in [6.07, 6.45) is 0.850. The predicted octanol–water partition coefficient (Wildman–Crippen LogP) is 4.02. The Morgan fingerprint density at radius 2 is 1.88 bits per heavy atom. The van der Waals surface area contributed by atoms with Crippen molar-refractivity contribution in [3.8, 4) is 0 Å². The maximum absolute atomic E-state index is 13.6. The van der Waals surface area contributed by atoms with Crippen LogP contribution in [0, 0.1) is 16.7 Å². The van der Waals surface area contributed by atoms with Gasteiger partial charge in [0.1, 0.15) is 6.10 Å². The van der Waals surface area contributed by atoms with Crippen molar-refractivity contribution in [1.82, 2.24) is 4.72 Å². The van der Waals surface area contributed by atoms with E-state index in [0.717, 1.165) is 18.2 Å². The maximum atomic E-state index is 13.6. The molecule has 7 heteroatoms. The molecule has 6 nitrogen and oxygen atoms in total. The molecule has 2 aromatic rings. The number of sulfonamides is 1. The molecule has 0 spiro atoms. The molecule has 0 aromatic heterocycles. The summed E-state index contributed by atoms with van der Waals surface area (Å²) in [6.45, 7) is 8.21. The second-order valence-corrected chi connectivity index (χ2v) is 11.8. The summed E-state index contributed by atoms with van der Waals surface area (Å²) in [5, 5.41) is 11.7. The molecule has 174 valence electrons. The Morgan fingerprint density at radius 1 is 1.19 bits per heavy atom. The molecule has 2 aliphatic rings. The van der Waals surface area contributed by atoms with Crippen LogP contribution in [0.4, 0.5) is 0 Å². The summed E-state index contributed by atoms with van der Waals surface area (Å²) in [4.78, 5) is 12.8. The fraction of sp³-hybridized carbons (Fsp3) is 0.560. The van der Waals surface area contributed by atoms with Gasteiger partial charge in [0, 0.05) is 10.8 Å². The van der Waals surface area contributed by atoms with E-state index in [1.54, 1.807) is 18.2 Å². The highest BCUT2D eigenvalue weighted by Crippen LogP contribution is 2.66. The topological polar surface area (TPSA) is 92.7 Å². The number of esters is 1. The SMILES string of the molecule is CCC[C@H](O)C(=O)O[C@@H]1[C@H](NS(=O)(=O)c2cccc3ccccc23)[C@H]2CC[C@]1(C)C2(C)C. The number of carbonyl (C=O) groups is 1. The minimum Gasteiger partial charge on any atom is -0.458 e. The van der Waals surface area contributed by atoms with E-state index in [-0.39, 0.29) is 21.6 Å². The van der Waals surface area contributed by atoms with Crippen LogP contribution in [0.5, 0.6) is 0 Å². The third-order valence-corrected chi connectivity index (χ3v) is 9.69. The molecule has 0 amide bonds. The van der Waals surface area contributed by atoms with Crippen molar-refractivity contribution in [1.29, 1.82) is 0 Å². The number of aliphatic hydroxyl groups is 1. The second kappa shape index (κ2) is 8.12. The Morgan fingerprint density at radius 3 is 2.59 bits per heavy atom. The van der Waals surface area contributed by atoms with Crippen LogP contribution < -0.4 is 4.72 Å². The number of fused-ring (bicyclic) bond motifs is 3. The highest BCUT2D eigenvalue weighted by molar-refractivity contribution is 7.89. The van der Waals surface area contributed by atoms with Crippen molar-refractivity contribution in [3.63, 3.8) is 0 Å². The molecular formula is C25H33NO5S. The number of hydrogen-bond acceptors (Lipinski definition) is 5. The lowest BCUT2D eigenvalue weighted by atomic mass is 9.70. The van der Waals surface area contributed by atoms with Crippen LogP contribution in [0.3, 0.4) is 0 Å². The summed E-state index contributed by atoms with van der Waals surface area (Å²) < 4.78 is 35.9. The Hall–Kier alpha value is -1.96. The molecule has 2 saturated carbocycles. The number of hydrogen-bond donors (Lipinski definition) is 2. The standard InChI is InChI=1S/C25H33NO5S/c1-5-9-19(27)23(28)31-22-21(18-14-15-25(22,4)24(18,2)3)26-32(29,30)20-13-8-11-16-10-6-7-12-17(16)20/h6-8,10-13,18-19,21-22,26-27H,5,9,14-15H2,1-4H3/t18-,19+,21-,22-,25+/m1/s1. The number of nitrogens with one attached hydrogen (secondary N) is 1. The molecule has 4 rings (SSSR count). The molecule has 0 radical (unpaired) electrons. The van der Waals surface area contributed by atoms with Crippen LogP contribution in [-0.2, 0) is 19.6 Å². The van der Waals surface area contributed by atoms with Crippen molar-refractivity contribution >= 4 is 26.8 Å². The maximum Gasteiger partial charge on any atom is 0.335 e. The molecular weight excluding hydrogens is 426 g/mol. The minimum absolute atomic E-state index is 0.0263. The quantitative estimate of drug-likeness (QED) is 0.610. The Bertz CT molecular complexity index is 1120. The van der Waals surface area contributed by atoms with Gasteiger partial charge in [0.2, 0.25) is 10.0 Å². The molecule has 2 aliphatic carbocycles. The van der Waals surface area contributed by atoms with E-state index in [2.05, 4.69) is 25.5 Å². The molecule has 32 heavy (non-hydrogen) atoms. The van der Waals surface area contributed by atoms with Crippen molar-refractivity contribution in [2.45, 2.75) is 76.5 Å². The van der Waals surface area contributed by atoms with E-state index in [9.17, 15) is 18.3 Å². The molecule has 0 saturated heterocycles. The Balaban J connectivity index is 1.69. The zero-order valence-electron chi connectivity index (χ0n) is 19.2. The molecule has 0 unspecified atom stereocenters. The van der Waals surface area contributed by atoms with Gasteiger partial charge in [-0.15, -0.1) is 0 Å². The summed E-state index contributed by atoms with van der Waals surface area (Å²) >= 11 is 0. The smallest absolute Gasteiger partial charge is 0.335 e. The fourth-order valence-electron chi connectivity index (χ4n) is 5.92. The van der Waals surface area contributed by atoms with E-state index >= 15 is 0 Å². The number of carbonyl (C=O) groups excluding carboxylic acids is 1. The molecule has 2 N–H and O–H groups in total. The van der Waals surface area contributed by atoms with E-state index in [1.807, 2.05) is 31.2 Å². The summed E-state index contributed by atoms with van der Waals surface area (Å²) in [6, 6.07) is 12.1. The third kappa shape index (κ3) is 3.55. The largest absolute Gasteiger partial charge is 0.458 e. The molecule has 2 bridgehead atoms. The van der Waals surface area contributed by atoms with Gasteiger partial charge in [-0.05, 0) is 42.0 Å². The van der Waals surface area contributed by atoms with Crippen molar-refractivity contribution in [2.75, 3.05) is 0 Å². The zero-order chi connectivity index (χ0) is 23.3.